The molecule has 0 unspecified atom stereocenters. The van der Waals surface area contributed by atoms with Gasteiger partial charge in [0.2, 0.25) is 41.4 Å². The molecule has 22 heteroatoms. The van der Waals surface area contributed by atoms with E-state index in [1.807, 2.05) is 13.8 Å². The minimum atomic E-state index is -1.05. The Balaban J connectivity index is 1.85. The van der Waals surface area contributed by atoms with Crippen LogP contribution in [0.3, 0.4) is 0 Å². The van der Waals surface area contributed by atoms with E-state index >= 15 is 0 Å². The van der Waals surface area contributed by atoms with Crippen LogP contribution in [0, 0.1) is 0 Å². The van der Waals surface area contributed by atoms with Gasteiger partial charge in [0.25, 0.3) is 5.91 Å². The van der Waals surface area contributed by atoms with Crippen molar-refractivity contribution in [3.63, 3.8) is 0 Å². The number of carbonyl (C=O) groups excluding carboxylic acids is 8. The molecule has 2 atom stereocenters. The Morgan fingerprint density at radius 2 is 1.57 bits per heavy atom. The third-order valence-electron chi connectivity index (χ3n) is 8.71. The van der Waals surface area contributed by atoms with Crippen LogP contribution in [0.5, 0.6) is 0 Å². The number of amides is 8. The Hall–Kier alpha value is -5.87. The van der Waals surface area contributed by atoms with Crippen molar-refractivity contribution in [1.29, 1.82) is 0 Å². The minimum absolute atomic E-state index is 0.0635. The lowest BCUT2D eigenvalue weighted by Gasteiger charge is -2.22. The number of unbranched alkanes of at least 4 members (excludes halogenated alkanes) is 1. The van der Waals surface area contributed by atoms with Crippen molar-refractivity contribution in [1.82, 2.24) is 62.7 Å². The maximum absolute atomic E-state index is 13.2. The Bertz CT molecular complexity index is 1560. The van der Waals surface area contributed by atoms with Gasteiger partial charge in [0.1, 0.15) is 12.1 Å². The van der Waals surface area contributed by atoms with Crippen LogP contribution in [0.15, 0.2) is 36.4 Å². The van der Waals surface area contributed by atoms with Crippen molar-refractivity contribution >= 4 is 47.3 Å². The Kier molecular flexibility index (Phi) is 22.4. The number of primary amides is 1. The highest BCUT2D eigenvalue weighted by molar-refractivity contribution is 5.97. The number of hydrogen-bond donors (Lipinski definition) is 10. The zero-order valence-electron chi connectivity index (χ0n) is 33.6. The molecule has 1 aromatic heterocycles. The average molecular weight is 817 g/mol. The first-order chi connectivity index (χ1) is 27.8. The van der Waals surface area contributed by atoms with Crippen LogP contribution in [0.2, 0.25) is 0 Å². The number of carbonyl (C=O) groups is 8. The summed E-state index contributed by atoms with van der Waals surface area (Å²) in [6.07, 6.45) is 6.75. The summed E-state index contributed by atoms with van der Waals surface area (Å²) in [6, 6.07) is 1.02. The van der Waals surface area contributed by atoms with E-state index in [0.717, 1.165) is 32.5 Å². The van der Waals surface area contributed by atoms with Crippen LogP contribution in [-0.4, -0.2) is 151 Å². The lowest BCUT2D eigenvalue weighted by Crippen LogP contribution is -2.53. The summed E-state index contributed by atoms with van der Waals surface area (Å²) in [5, 5.41) is 16.7. The van der Waals surface area contributed by atoms with Crippen LogP contribution in [-0.2, 0) is 33.6 Å². The molecule has 0 saturated heterocycles. The van der Waals surface area contributed by atoms with Crippen LogP contribution < -0.4 is 54.3 Å². The zero-order valence-corrected chi connectivity index (χ0v) is 33.6. The normalized spacial score (nSPS) is 13.0. The maximum atomic E-state index is 13.2. The zero-order chi connectivity index (χ0) is 42.9. The molecule has 0 aromatic carbocycles. The summed E-state index contributed by atoms with van der Waals surface area (Å²) in [6.45, 7) is 7.44. The van der Waals surface area contributed by atoms with Gasteiger partial charge in [-0.2, -0.15) is 0 Å². The molecule has 8 amide bonds. The maximum Gasteiger partial charge on any atom is 0.253 e. The first-order valence-electron chi connectivity index (χ1n) is 19.3. The molecule has 0 aliphatic carbocycles. The second-order valence-electron chi connectivity index (χ2n) is 13.3. The van der Waals surface area contributed by atoms with E-state index in [1.54, 1.807) is 17.3 Å². The van der Waals surface area contributed by atoms with Crippen LogP contribution in [0.4, 0.5) is 0 Å². The highest BCUT2D eigenvalue weighted by atomic mass is 16.2. The SMILES string of the molecule is CCN(CC)CCCC[C@H](NC(=O)CNC(=O)[C@H](C)NC(=O)CNC(=O)c1cccnc1)C(=O)NCC(=O)NCCC(=O)N(CC(N)=O)CC1=CN(CCCN)NN1. The first-order valence-corrected chi connectivity index (χ1v) is 19.3. The molecular weight excluding hydrogens is 756 g/mol. The van der Waals surface area contributed by atoms with E-state index in [2.05, 4.69) is 52.7 Å². The molecule has 0 saturated carbocycles. The van der Waals surface area contributed by atoms with E-state index < -0.39 is 79.0 Å². The minimum Gasteiger partial charge on any atom is -0.368 e. The molecule has 0 spiro atoms. The van der Waals surface area contributed by atoms with Gasteiger partial charge in [0, 0.05) is 38.1 Å². The molecular formula is C36H60N14O8. The van der Waals surface area contributed by atoms with E-state index in [0.29, 0.717) is 25.2 Å². The number of rotatable bonds is 28. The predicted octanol–water partition coefficient (Wildman–Crippen LogP) is -4.12. The molecule has 0 fully saturated rings. The van der Waals surface area contributed by atoms with E-state index in [9.17, 15) is 38.4 Å². The molecule has 2 heterocycles. The summed E-state index contributed by atoms with van der Waals surface area (Å²) < 4.78 is 0. The number of hydrogen-bond acceptors (Lipinski definition) is 14. The molecule has 12 N–H and O–H groups in total. The summed E-state index contributed by atoms with van der Waals surface area (Å²) in [7, 11) is 0. The lowest BCUT2D eigenvalue weighted by atomic mass is 10.1. The Morgan fingerprint density at radius 1 is 0.879 bits per heavy atom. The van der Waals surface area contributed by atoms with Gasteiger partial charge in [-0.3, -0.25) is 48.3 Å². The van der Waals surface area contributed by atoms with E-state index in [1.165, 1.54) is 30.3 Å². The van der Waals surface area contributed by atoms with Crippen LogP contribution in [0.1, 0.15) is 63.2 Å². The highest BCUT2D eigenvalue weighted by Gasteiger charge is 2.24. The largest absolute Gasteiger partial charge is 0.368 e. The number of hydrazine groups is 2. The third-order valence-corrected chi connectivity index (χ3v) is 8.71. The Labute approximate surface area is 338 Å². The molecule has 1 aromatic rings. The van der Waals surface area contributed by atoms with Gasteiger partial charge >= 0.3 is 0 Å². The molecule has 0 radical (unpaired) electrons. The van der Waals surface area contributed by atoms with Crippen molar-refractivity contribution in [2.45, 2.75) is 65.0 Å². The number of nitrogens with two attached hydrogens (primary N) is 2. The molecule has 22 nitrogen and oxygen atoms in total. The van der Waals surface area contributed by atoms with Crippen molar-refractivity contribution < 1.29 is 38.4 Å². The standard InChI is InChI=1S/C36H60N14O8/c1-4-48(5-2)16-7-6-11-28(45-32(54)21-41-34(56)25(3)44-31(53)20-42-35(57)26-10-8-14-39-18-26)36(58)43-19-30(52)40-15-12-33(55)49(24-29(38)51)22-27-23-50(47-46-27)17-9-13-37/h8,10,14,18,23,25,28,46-47H,4-7,9,11-13,15-17,19-22,24,37H2,1-3H3,(H2,38,51)(H,40,52)(H,41,56)(H,42,57)(H,43,58)(H,44,53)(H,45,54)/t25-,28-/m0/s1. The molecule has 1 aliphatic rings. The average Bonchev–Trinajstić information content (AvgIpc) is 3.66. The van der Waals surface area contributed by atoms with Gasteiger partial charge in [-0.1, -0.05) is 13.8 Å². The topological polar surface area (TPSA) is 307 Å². The summed E-state index contributed by atoms with van der Waals surface area (Å²) in [5.74, 6) is -4.86. The summed E-state index contributed by atoms with van der Waals surface area (Å²) >= 11 is 0. The highest BCUT2D eigenvalue weighted by Crippen LogP contribution is 2.06. The number of nitrogens with one attached hydrogen (secondary N) is 8. The monoisotopic (exact) mass is 816 g/mol. The second kappa shape index (κ2) is 26.9. The fourth-order valence-electron chi connectivity index (χ4n) is 5.48. The third kappa shape index (κ3) is 19.3. The fraction of sp³-hybridized carbons (Fsp3) is 0.583. The molecule has 0 bridgehead atoms. The number of pyridine rings is 1. The lowest BCUT2D eigenvalue weighted by molar-refractivity contribution is -0.135. The molecule has 2 rings (SSSR count). The van der Waals surface area contributed by atoms with Crippen molar-refractivity contribution in [3.8, 4) is 0 Å². The molecule has 1 aliphatic heterocycles. The van der Waals surface area contributed by atoms with Crippen LogP contribution >= 0.6 is 0 Å². The fourth-order valence-corrected chi connectivity index (χ4v) is 5.48. The van der Waals surface area contributed by atoms with Gasteiger partial charge in [0.15, 0.2) is 0 Å². The van der Waals surface area contributed by atoms with E-state index in [4.69, 9.17) is 11.5 Å². The van der Waals surface area contributed by atoms with Gasteiger partial charge in [-0.25, -0.2) is 0 Å². The van der Waals surface area contributed by atoms with E-state index in [-0.39, 0.29) is 38.0 Å². The Morgan fingerprint density at radius 3 is 2.24 bits per heavy atom. The smallest absolute Gasteiger partial charge is 0.253 e. The van der Waals surface area contributed by atoms with Gasteiger partial charge in [0.05, 0.1) is 44.0 Å². The summed E-state index contributed by atoms with van der Waals surface area (Å²) in [4.78, 5) is 108. The number of aromatic nitrogens is 1. The van der Waals surface area contributed by atoms with Gasteiger partial charge in [-0.15, -0.1) is 5.53 Å². The van der Waals surface area contributed by atoms with Crippen molar-refractivity contribution in [3.05, 3.63) is 42.0 Å². The van der Waals surface area contributed by atoms with Crippen molar-refractivity contribution in [2.75, 3.05) is 72.0 Å². The van der Waals surface area contributed by atoms with Crippen molar-refractivity contribution in [2.24, 2.45) is 11.5 Å². The predicted molar refractivity (Wildman–Crippen MR) is 212 cm³/mol. The molecule has 322 valence electrons. The van der Waals surface area contributed by atoms with Crippen LogP contribution in [0.25, 0.3) is 0 Å². The summed E-state index contributed by atoms with van der Waals surface area (Å²) in [5.41, 5.74) is 17.6. The number of nitrogens with zero attached hydrogens (tertiary/aromatic N) is 4. The quantitative estimate of drug-likeness (QED) is 0.0360. The van der Waals surface area contributed by atoms with Gasteiger partial charge < -0.3 is 58.6 Å². The molecule has 58 heavy (non-hydrogen) atoms. The first kappa shape index (κ1) is 48.3. The second-order valence-corrected chi connectivity index (χ2v) is 13.3. The van der Waals surface area contributed by atoms with Gasteiger partial charge in [-0.05, 0) is 70.9 Å².